The number of ether oxygens (including phenoxy) is 1. The van der Waals surface area contributed by atoms with Gasteiger partial charge in [-0.05, 0) is 39.2 Å². The molecule has 2 rings (SSSR count). The molecule has 0 aliphatic carbocycles. The van der Waals surface area contributed by atoms with Crippen LogP contribution in [0.5, 0.6) is 0 Å². The summed E-state index contributed by atoms with van der Waals surface area (Å²) in [6, 6.07) is 0. The fourth-order valence-electron chi connectivity index (χ4n) is 2.41. The molecule has 118 valence electrons. The highest BCUT2D eigenvalue weighted by atomic mass is 19.3. The quantitative estimate of drug-likeness (QED) is 0.841. The van der Waals surface area contributed by atoms with Crippen LogP contribution in [0.25, 0.3) is 0 Å². The van der Waals surface area contributed by atoms with Gasteiger partial charge in [-0.2, -0.15) is 13.9 Å². The van der Waals surface area contributed by atoms with E-state index < -0.39 is 12.2 Å². The molecule has 1 unspecified atom stereocenters. The van der Waals surface area contributed by atoms with Gasteiger partial charge in [0.2, 0.25) is 0 Å². The largest absolute Gasteiger partial charge is 0.444 e. The third-order valence-corrected chi connectivity index (χ3v) is 3.37. The second kappa shape index (κ2) is 5.99. The second-order valence-corrected chi connectivity index (χ2v) is 6.30. The Hall–Kier alpha value is -1.66. The Kier molecular flexibility index (Phi) is 4.49. The summed E-state index contributed by atoms with van der Waals surface area (Å²) >= 11 is 0. The molecule has 1 amide bonds. The minimum absolute atomic E-state index is 0.0266. The lowest BCUT2D eigenvalue weighted by Gasteiger charge is -2.33. The van der Waals surface area contributed by atoms with Gasteiger partial charge in [-0.25, -0.2) is 9.48 Å². The molecule has 21 heavy (non-hydrogen) atoms. The highest BCUT2D eigenvalue weighted by Crippen LogP contribution is 2.28. The van der Waals surface area contributed by atoms with Crippen LogP contribution in [0, 0.1) is 0 Å². The number of amides is 1. The van der Waals surface area contributed by atoms with Gasteiger partial charge in [-0.15, -0.1) is 0 Å². The van der Waals surface area contributed by atoms with Crippen molar-refractivity contribution < 1.29 is 18.3 Å². The Morgan fingerprint density at radius 1 is 1.48 bits per heavy atom. The van der Waals surface area contributed by atoms with Crippen LogP contribution in [0.3, 0.4) is 0 Å². The minimum atomic E-state index is -2.63. The molecule has 1 saturated heterocycles. The highest BCUT2D eigenvalue weighted by molar-refractivity contribution is 5.68. The molecule has 0 spiro atoms. The van der Waals surface area contributed by atoms with Crippen molar-refractivity contribution in [2.45, 2.75) is 51.7 Å². The Morgan fingerprint density at radius 2 is 2.19 bits per heavy atom. The molecule has 7 heteroatoms. The first kappa shape index (κ1) is 15.7. The molecule has 1 atom stereocenters. The third kappa shape index (κ3) is 4.15. The first-order valence-electron chi connectivity index (χ1n) is 7.06. The molecule has 1 aromatic rings. The number of piperidine rings is 1. The van der Waals surface area contributed by atoms with E-state index in [0.29, 0.717) is 17.8 Å². The molecule has 0 aromatic carbocycles. The number of carbonyl (C=O) groups excluding carboxylic acids is 1. The number of rotatable bonds is 2. The van der Waals surface area contributed by atoms with Gasteiger partial charge >= 0.3 is 12.6 Å². The maximum atomic E-state index is 12.6. The summed E-state index contributed by atoms with van der Waals surface area (Å²) in [5.74, 6) is 0.0266. The topological polar surface area (TPSA) is 47.4 Å². The van der Waals surface area contributed by atoms with Crippen molar-refractivity contribution in [2.75, 3.05) is 13.1 Å². The molecular weight excluding hydrogens is 280 g/mol. The van der Waals surface area contributed by atoms with Crippen molar-refractivity contribution in [1.29, 1.82) is 0 Å². The number of alkyl halides is 2. The van der Waals surface area contributed by atoms with Crippen LogP contribution >= 0.6 is 0 Å². The summed E-state index contributed by atoms with van der Waals surface area (Å²) in [6.45, 7) is 3.93. The van der Waals surface area contributed by atoms with Crippen molar-refractivity contribution in [2.24, 2.45) is 0 Å². The number of halogens is 2. The van der Waals surface area contributed by atoms with E-state index in [9.17, 15) is 13.6 Å². The zero-order valence-electron chi connectivity index (χ0n) is 12.6. The Morgan fingerprint density at radius 3 is 2.76 bits per heavy atom. The summed E-state index contributed by atoms with van der Waals surface area (Å²) in [5, 5.41) is 3.65. The molecule has 2 heterocycles. The van der Waals surface area contributed by atoms with Crippen molar-refractivity contribution in [3.05, 3.63) is 18.0 Å². The Labute approximate surface area is 122 Å². The standard InChI is InChI=1S/C14H21F2N3O2/c1-14(2,3)21-13(20)18-6-4-5-10(8-18)11-7-17-19(9-11)12(15)16/h7,9-10,12H,4-6,8H2,1-3H3. The summed E-state index contributed by atoms with van der Waals surface area (Å²) in [7, 11) is 0. The van der Waals surface area contributed by atoms with E-state index in [2.05, 4.69) is 5.10 Å². The Bertz CT molecular complexity index is 497. The van der Waals surface area contributed by atoms with Crippen LogP contribution < -0.4 is 0 Å². The average Bonchev–Trinajstić information content (AvgIpc) is 2.86. The minimum Gasteiger partial charge on any atom is -0.444 e. The van der Waals surface area contributed by atoms with E-state index in [0.717, 1.165) is 18.4 Å². The van der Waals surface area contributed by atoms with Crippen LogP contribution in [0.4, 0.5) is 13.6 Å². The zero-order chi connectivity index (χ0) is 15.6. The lowest BCUT2D eigenvalue weighted by atomic mass is 9.93. The van der Waals surface area contributed by atoms with Crippen molar-refractivity contribution in [3.8, 4) is 0 Å². The van der Waals surface area contributed by atoms with E-state index >= 15 is 0 Å². The SMILES string of the molecule is CC(C)(C)OC(=O)N1CCCC(c2cnn(C(F)F)c2)C1. The molecule has 1 aromatic heterocycles. The number of hydrogen-bond donors (Lipinski definition) is 0. The van der Waals surface area contributed by atoms with E-state index in [-0.39, 0.29) is 12.0 Å². The van der Waals surface area contributed by atoms with Gasteiger partial charge in [0, 0.05) is 25.2 Å². The van der Waals surface area contributed by atoms with Crippen molar-refractivity contribution >= 4 is 6.09 Å². The summed E-state index contributed by atoms with van der Waals surface area (Å²) in [6.07, 6.45) is 4.13. The number of hydrogen-bond acceptors (Lipinski definition) is 3. The van der Waals surface area contributed by atoms with E-state index in [1.165, 1.54) is 12.4 Å². The molecule has 1 aliphatic heterocycles. The maximum Gasteiger partial charge on any atom is 0.410 e. The molecular formula is C14H21F2N3O2. The fraction of sp³-hybridized carbons (Fsp3) is 0.714. The van der Waals surface area contributed by atoms with Crippen LogP contribution in [0.15, 0.2) is 12.4 Å². The first-order chi connectivity index (χ1) is 9.76. The third-order valence-electron chi connectivity index (χ3n) is 3.37. The zero-order valence-corrected chi connectivity index (χ0v) is 12.6. The Balaban J connectivity index is 2.01. The molecule has 0 saturated carbocycles. The average molecular weight is 301 g/mol. The summed E-state index contributed by atoms with van der Waals surface area (Å²) in [5.41, 5.74) is 0.202. The fourth-order valence-corrected chi connectivity index (χ4v) is 2.41. The van der Waals surface area contributed by atoms with Gasteiger partial charge in [-0.3, -0.25) is 0 Å². The molecule has 0 bridgehead atoms. The van der Waals surface area contributed by atoms with Crippen molar-refractivity contribution in [1.82, 2.24) is 14.7 Å². The predicted molar refractivity (Wildman–Crippen MR) is 73.3 cm³/mol. The van der Waals surface area contributed by atoms with Gasteiger partial charge in [0.1, 0.15) is 5.60 Å². The van der Waals surface area contributed by atoms with Crippen LogP contribution in [-0.2, 0) is 4.74 Å². The van der Waals surface area contributed by atoms with Gasteiger partial charge in [0.25, 0.3) is 0 Å². The molecule has 0 N–H and O–H groups in total. The lowest BCUT2D eigenvalue weighted by molar-refractivity contribution is 0.0197. The van der Waals surface area contributed by atoms with Gasteiger partial charge in [-0.1, -0.05) is 0 Å². The highest BCUT2D eigenvalue weighted by Gasteiger charge is 2.29. The monoisotopic (exact) mass is 301 g/mol. The summed E-state index contributed by atoms with van der Waals surface area (Å²) in [4.78, 5) is 13.7. The van der Waals surface area contributed by atoms with E-state index in [1.807, 2.05) is 20.8 Å². The van der Waals surface area contributed by atoms with Gasteiger partial charge in [0.15, 0.2) is 0 Å². The molecule has 5 nitrogen and oxygen atoms in total. The predicted octanol–water partition coefficient (Wildman–Crippen LogP) is 3.39. The van der Waals surface area contributed by atoms with Crippen molar-refractivity contribution in [3.63, 3.8) is 0 Å². The number of likely N-dealkylation sites (tertiary alicyclic amines) is 1. The van der Waals surface area contributed by atoms with Gasteiger partial charge in [0.05, 0.1) is 6.20 Å². The van der Waals surface area contributed by atoms with Crippen LogP contribution in [0.1, 0.15) is 51.6 Å². The summed E-state index contributed by atoms with van der Waals surface area (Å²) < 4.78 is 31.1. The number of nitrogens with zero attached hydrogens (tertiary/aromatic N) is 3. The number of aromatic nitrogens is 2. The lowest BCUT2D eigenvalue weighted by Crippen LogP contribution is -2.42. The first-order valence-corrected chi connectivity index (χ1v) is 7.06. The molecule has 0 radical (unpaired) electrons. The molecule has 1 fully saturated rings. The molecule has 1 aliphatic rings. The van der Waals surface area contributed by atoms with Crippen LogP contribution in [0.2, 0.25) is 0 Å². The van der Waals surface area contributed by atoms with Crippen LogP contribution in [-0.4, -0.2) is 39.5 Å². The van der Waals surface area contributed by atoms with E-state index in [1.54, 1.807) is 4.90 Å². The van der Waals surface area contributed by atoms with E-state index in [4.69, 9.17) is 4.74 Å². The van der Waals surface area contributed by atoms with Gasteiger partial charge < -0.3 is 9.64 Å². The number of carbonyl (C=O) groups is 1. The maximum absolute atomic E-state index is 12.6. The second-order valence-electron chi connectivity index (χ2n) is 6.30. The normalized spacial score (nSPS) is 19.9. The smallest absolute Gasteiger partial charge is 0.410 e.